The second-order valence-electron chi connectivity index (χ2n) is 5.63. The molecule has 2 heterocycles. The maximum absolute atomic E-state index is 5.30. The van der Waals surface area contributed by atoms with Gasteiger partial charge in [0.25, 0.3) is 0 Å². The van der Waals surface area contributed by atoms with Gasteiger partial charge < -0.3 is 9.09 Å². The third kappa shape index (κ3) is 2.23. The van der Waals surface area contributed by atoms with Crippen molar-refractivity contribution in [3.05, 3.63) is 42.3 Å². The molecule has 0 saturated carbocycles. The molecule has 0 radical (unpaired) electrons. The zero-order chi connectivity index (χ0) is 13.5. The van der Waals surface area contributed by atoms with Gasteiger partial charge in [0, 0.05) is 5.41 Å². The van der Waals surface area contributed by atoms with Crippen LogP contribution < -0.4 is 0 Å². The number of aromatic nitrogens is 4. The molecule has 0 amide bonds. The van der Waals surface area contributed by atoms with E-state index in [-0.39, 0.29) is 5.41 Å². The Morgan fingerprint density at radius 3 is 2.74 bits per heavy atom. The van der Waals surface area contributed by atoms with E-state index in [9.17, 15) is 0 Å². The predicted molar refractivity (Wildman–Crippen MR) is 71.8 cm³/mol. The van der Waals surface area contributed by atoms with Crippen molar-refractivity contribution >= 4 is 11.0 Å². The summed E-state index contributed by atoms with van der Waals surface area (Å²) in [7, 11) is 0. The molecule has 3 rings (SSSR count). The lowest BCUT2D eigenvalue weighted by atomic mass is 9.97. The summed E-state index contributed by atoms with van der Waals surface area (Å²) in [4.78, 5) is 8.78. The quantitative estimate of drug-likeness (QED) is 0.707. The van der Waals surface area contributed by atoms with Crippen LogP contribution in [0, 0.1) is 0 Å². The molecule has 0 bridgehead atoms. The molecular weight excluding hydrogens is 240 g/mol. The molecule has 19 heavy (non-hydrogen) atoms. The minimum absolute atomic E-state index is 0.123. The first-order chi connectivity index (χ1) is 9.04. The molecule has 0 saturated heterocycles. The highest BCUT2D eigenvalue weighted by Crippen LogP contribution is 2.20. The van der Waals surface area contributed by atoms with Crippen molar-refractivity contribution in [2.45, 2.75) is 32.7 Å². The van der Waals surface area contributed by atoms with Crippen LogP contribution >= 0.6 is 0 Å². The number of fused-ring (bicyclic) bond motifs is 1. The second kappa shape index (κ2) is 4.19. The van der Waals surface area contributed by atoms with Gasteiger partial charge in [0.2, 0.25) is 5.89 Å². The molecule has 0 N–H and O–H groups in total. The Kier molecular flexibility index (Phi) is 2.62. The van der Waals surface area contributed by atoms with Crippen LogP contribution in [0.25, 0.3) is 11.0 Å². The van der Waals surface area contributed by atoms with E-state index in [0.717, 1.165) is 11.0 Å². The van der Waals surface area contributed by atoms with E-state index in [2.05, 4.69) is 35.9 Å². The lowest BCUT2D eigenvalue weighted by Crippen LogP contribution is -2.11. The molecule has 1 aromatic carbocycles. The zero-order valence-electron chi connectivity index (χ0n) is 11.3. The minimum atomic E-state index is -0.123. The Morgan fingerprint density at radius 2 is 2.00 bits per heavy atom. The molecule has 98 valence electrons. The summed E-state index contributed by atoms with van der Waals surface area (Å²) in [6.07, 6.45) is 1.80. The van der Waals surface area contributed by atoms with Gasteiger partial charge >= 0.3 is 0 Å². The SMILES string of the molecule is CC(C)(C)c1nc(Cn2cnc3ccccc32)no1. The van der Waals surface area contributed by atoms with E-state index in [4.69, 9.17) is 4.52 Å². The van der Waals surface area contributed by atoms with Crippen LogP contribution in [0.4, 0.5) is 0 Å². The first kappa shape index (κ1) is 11.9. The van der Waals surface area contributed by atoms with Crippen molar-refractivity contribution in [1.82, 2.24) is 19.7 Å². The van der Waals surface area contributed by atoms with Gasteiger partial charge in [0.1, 0.15) is 0 Å². The largest absolute Gasteiger partial charge is 0.339 e. The molecule has 5 heteroatoms. The Balaban J connectivity index is 1.91. The Bertz CT molecular complexity index is 705. The van der Waals surface area contributed by atoms with Gasteiger partial charge in [-0.1, -0.05) is 38.1 Å². The fraction of sp³-hybridized carbons (Fsp3) is 0.357. The lowest BCUT2D eigenvalue weighted by molar-refractivity contribution is 0.318. The average molecular weight is 256 g/mol. The maximum atomic E-state index is 5.30. The first-order valence-electron chi connectivity index (χ1n) is 6.27. The average Bonchev–Trinajstić information content (AvgIpc) is 2.97. The van der Waals surface area contributed by atoms with E-state index >= 15 is 0 Å². The van der Waals surface area contributed by atoms with E-state index < -0.39 is 0 Å². The number of imidazole rings is 1. The van der Waals surface area contributed by atoms with Gasteiger partial charge in [-0.25, -0.2) is 4.98 Å². The van der Waals surface area contributed by atoms with Crippen LogP contribution in [0.5, 0.6) is 0 Å². The highest BCUT2D eigenvalue weighted by Gasteiger charge is 2.21. The van der Waals surface area contributed by atoms with Crippen LogP contribution in [0.2, 0.25) is 0 Å². The van der Waals surface area contributed by atoms with Gasteiger partial charge in [0.15, 0.2) is 5.82 Å². The summed E-state index contributed by atoms with van der Waals surface area (Å²) in [6, 6.07) is 8.00. The third-order valence-corrected chi connectivity index (χ3v) is 2.95. The number of rotatable bonds is 2. The van der Waals surface area contributed by atoms with Gasteiger partial charge in [0.05, 0.1) is 23.9 Å². The van der Waals surface area contributed by atoms with Gasteiger partial charge in [-0.2, -0.15) is 4.98 Å². The molecule has 0 unspecified atom stereocenters. The first-order valence-corrected chi connectivity index (χ1v) is 6.27. The Morgan fingerprint density at radius 1 is 1.21 bits per heavy atom. The van der Waals surface area contributed by atoms with Crippen LogP contribution in [0.15, 0.2) is 35.1 Å². The van der Waals surface area contributed by atoms with Crippen LogP contribution in [0.1, 0.15) is 32.5 Å². The molecule has 2 aromatic heterocycles. The topological polar surface area (TPSA) is 56.7 Å². The van der Waals surface area contributed by atoms with Crippen molar-refractivity contribution in [3.8, 4) is 0 Å². The van der Waals surface area contributed by atoms with E-state index in [1.807, 2.05) is 28.8 Å². The molecule has 3 aromatic rings. The summed E-state index contributed by atoms with van der Waals surface area (Å²) in [5.41, 5.74) is 1.93. The number of benzene rings is 1. The highest BCUT2D eigenvalue weighted by atomic mass is 16.5. The molecule has 0 spiro atoms. The van der Waals surface area contributed by atoms with E-state index in [1.54, 1.807) is 6.33 Å². The number of para-hydroxylation sites is 2. The molecule has 0 aliphatic carbocycles. The normalized spacial score (nSPS) is 12.2. The lowest BCUT2D eigenvalue weighted by Gasteiger charge is -2.10. The van der Waals surface area contributed by atoms with Crippen LogP contribution in [0.3, 0.4) is 0 Å². The van der Waals surface area contributed by atoms with Crippen molar-refractivity contribution in [3.63, 3.8) is 0 Å². The van der Waals surface area contributed by atoms with Crippen LogP contribution in [-0.2, 0) is 12.0 Å². The molecule has 5 nitrogen and oxygen atoms in total. The van der Waals surface area contributed by atoms with E-state index in [0.29, 0.717) is 18.3 Å². The van der Waals surface area contributed by atoms with Gasteiger partial charge in [-0.05, 0) is 12.1 Å². The van der Waals surface area contributed by atoms with Crippen molar-refractivity contribution < 1.29 is 4.52 Å². The van der Waals surface area contributed by atoms with Gasteiger partial charge in [-0.3, -0.25) is 0 Å². The predicted octanol–water partition coefficient (Wildman–Crippen LogP) is 2.77. The summed E-state index contributed by atoms with van der Waals surface area (Å²) in [5.74, 6) is 1.33. The summed E-state index contributed by atoms with van der Waals surface area (Å²) >= 11 is 0. The fourth-order valence-corrected chi connectivity index (χ4v) is 1.91. The number of hydrogen-bond acceptors (Lipinski definition) is 4. The van der Waals surface area contributed by atoms with Crippen molar-refractivity contribution in [1.29, 1.82) is 0 Å². The standard InChI is InChI=1S/C14H16N4O/c1-14(2,3)13-16-12(17-19-13)8-18-9-15-10-6-4-5-7-11(10)18/h4-7,9H,8H2,1-3H3. The number of hydrogen-bond donors (Lipinski definition) is 0. The Hall–Kier alpha value is -2.17. The van der Waals surface area contributed by atoms with Crippen molar-refractivity contribution in [2.75, 3.05) is 0 Å². The molecule has 0 aliphatic heterocycles. The molecular formula is C14H16N4O. The summed E-state index contributed by atoms with van der Waals surface area (Å²) in [6.45, 7) is 6.73. The zero-order valence-corrected chi connectivity index (χ0v) is 11.3. The molecule has 0 aliphatic rings. The van der Waals surface area contributed by atoms with Gasteiger partial charge in [-0.15, -0.1) is 0 Å². The monoisotopic (exact) mass is 256 g/mol. The maximum Gasteiger partial charge on any atom is 0.232 e. The smallest absolute Gasteiger partial charge is 0.232 e. The van der Waals surface area contributed by atoms with Crippen molar-refractivity contribution in [2.24, 2.45) is 0 Å². The molecule has 0 fully saturated rings. The number of nitrogens with zero attached hydrogens (tertiary/aromatic N) is 4. The Labute approximate surface area is 111 Å². The molecule has 0 atom stereocenters. The van der Waals surface area contributed by atoms with Crippen LogP contribution in [-0.4, -0.2) is 19.7 Å². The minimum Gasteiger partial charge on any atom is -0.339 e. The summed E-state index contributed by atoms with van der Waals surface area (Å²) in [5, 5.41) is 4.03. The highest BCUT2D eigenvalue weighted by molar-refractivity contribution is 5.74. The fourth-order valence-electron chi connectivity index (χ4n) is 1.91. The third-order valence-electron chi connectivity index (χ3n) is 2.95. The second-order valence-corrected chi connectivity index (χ2v) is 5.63. The summed E-state index contributed by atoms with van der Waals surface area (Å²) < 4.78 is 7.32. The van der Waals surface area contributed by atoms with E-state index in [1.165, 1.54) is 0 Å².